The molecule has 0 aliphatic carbocycles. The maximum Gasteiger partial charge on any atom is 0.258 e. The van der Waals surface area contributed by atoms with Crippen molar-refractivity contribution in [3.8, 4) is 5.75 Å². The van der Waals surface area contributed by atoms with Crippen molar-refractivity contribution in [2.24, 2.45) is 0 Å². The highest BCUT2D eigenvalue weighted by atomic mass is 32.2. The molecular weight excluding hydrogens is 500 g/mol. The number of benzene rings is 2. The van der Waals surface area contributed by atoms with Gasteiger partial charge in [-0.15, -0.1) is 10.2 Å². The third-order valence-corrected chi connectivity index (χ3v) is 8.60. The van der Waals surface area contributed by atoms with Crippen LogP contribution in [0.2, 0.25) is 0 Å². The molecule has 0 saturated carbocycles. The van der Waals surface area contributed by atoms with E-state index in [0.29, 0.717) is 29.4 Å². The second-order valence-corrected chi connectivity index (χ2v) is 11.0. The van der Waals surface area contributed by atoms with Gasteiger partial charge < -0.3 is 4.74 Å². The first-order chi connectivity index (χ1) is 17.4. The molecule has 3 aromatic rings. The monoisotopic (exact) mass is 526 g/mol. The maximum atomic E-state index is 13.1. The minimum Gasteiger partial charge on any atom is -0.495 e. The van der Waals surface area contributed by atoms with Crippen molar-refractivity contribution in [3.05, 3.63) is 72.1 Å². The van der Waals surface area contributed by atoms with Crippen LogP contribution < -0.4 is 4.74 Å². The number of ether oxygens (including phenoxy) is 1. The number of methoxy groups -OCH3 is 1. The van der Waals surface area contributed by atoms with Crippen molar-refractivity contribution < 1.29 is 22.7 Å². The van der Waals surface area contributed by atoms with E-state index in [-0.39, 0.29) is 22.2 Å². The molecular formula is C25H26N4O5S2. The largest absolute Gasteiger partial charge is 0.495 e. The number of allylic oxidation sites excluding steroid dienone is 1. The Kier molecular flexibility index (Phi) is 8.34. The second-order valence-electron chi connectivity index (χ2n) is 8.11. The standard InChI is InChI=1S/C25H26N4O5S2/c1-34-22-16-19(10-12-23(22)36(32,33)28-14-6-3-7-15-28)11-13-24(31)29-18-26-27-25(29)35-17-21(30)20-8-4-2-5-9-20/h2,4-5,8-13,16,18H,3,6-7,14-15,17H2,1H3/b13-11-. The molecule has 9 nitrogen and oxygen atoms in total. The van der Waals surface area contributed by atoms with Crippen LogP contribution in [-0.2, 0) is 10.0 Å². The third-order valence-electron chi connectivity index (χ3n) is 5.72. The van der Waals surface area contributed by atoms with Crippen molar-refractivity contribution in [1.29, 1.82) is 0 Å². The Bertz CT molecular complexity index is 1360. The van der Waals surface area contributed by atoms with Crippen LogP contribution in [0.5, 0.6) is 5.75 Å². The van der Waals surface area contributed by atoms with E-state index in [2.05, 4.69) is 10.2 Å². The molecule has 36 heavy (non-hydrogen) atoms. The highest BCUT2D eigenvalue weighted by Crippen LogP contribution is 2.30. The summed E-state index contributed by atoms with van der Waals surface area (Å²) in [4.78, 5) is 25.2. The summed E-state index contributed by atoms with van der Waals surface area (Å²) in [5, 5.41) is 8.04. The number of ketones is 1. The van der Waals surface area contributed by atoms with Gasteiger partial charge in [0.2, 0.25) is 10.0 Å². The lowest BCUT2D eigenvalue weighted by Gasteiger charge is -2.26. The van der Waals surface area contributed by atoms with E-state index in [4.69, 9.17) is 4.74 Å². The molecule has 2 aromatic carbocycles. The summed E-state index contributed by atoms with van der Waals surface area (Å²) in [5.74, 6) is -0.150. The Morgan fingerprint density at radius 2 is 1.83 bits per heavy atom. The normalized spacial score (nSPS) is 14.7. The lowest BCUT2D eigenvalue weighted by atomic mass is 10.2. The van der Waals surface area contributed by atoms with Gasteiger partial charge in [0.15, 0.2) is 10.9 Å². The Balaban J connectivity index is 1.45. The summed E-state index contributed by atoms with van der Waals surface area (Å²) in [5.41, 5.74) is 1.18. The third kappa shape index (κ3) is 5.92. The SMILES string of the molecule is COc1cc(/C=C\C(=O)n2cnnc2SCC(=O)c2ccccc2)ccc1S(=O)(=O)N1CCCCC1. The number of rotatable bonds is 9. The van der Waals surface area contributed by atoms with E-state index in [0.717, 1.165) is 31.0 Å². The predicted molar refractivity (Wildman–Crippen MR) is 137 cm³/mol. The lowest BCUT2D eigenvalue weighted by Crippen LogP contribution is -2.35. The number of hydrogen-bond acceptors (Lipinski definition) is 8. The van der Waals surface area contributed by atoms with Gasteiger partial charge in [-0.05, 0) is 36.6 Å². The van der Waals surface area contributed by atoms with Gasteiger partial charge in [0, 0.05) is 24.7 Å². The first-order valence-electron chi connectivity index (χ1n) is 11.4. The predicted octanol–water partition coefficient (Wildman–Crippen LogP) is 3.79. The number of nitrogens with zero attached hydrogens (tertiary/aromatic N) is 4. The summed E-state index contributed by atoms with van der Waals surface area (Å²) < 4.78 is 34.2. The number of piperidine rings is 1. The fourth-order valence-electron chi connectivity index (χ4n) is 3.80. The van der Waals surface area contributed by atoms with Crippen LogP contribution in [0.3, 0.4) is 0 Å². The minimum atomic E-state index is -3.66. The minimum absolute atomic E-state index is 0.0789. The molecule has 188 valence electrons. The van der Waals surface area contributed by atoms with Crippen molar-refractivity contribution in [2.45, 2.75) is 29.3 Å². The highest BCUT2D eigenvalue weighted by molar-refractivity contribution is 7.99. The summed E-state index contributed by atoms with van der Waals surface area (Å²) in [6, 6.07) is 13.6. The summed E-state index contributed by atoms with van der Waals surface area (Å²) in [6.07, 6.45) is 6.89. The van der Waals surface area contributed by atoms with Crippen molar-refractivity contribution >= 4 is 39.6 Å². The lowest BCUT2D eigenvalue weighted by molar-refractivity contribution is 0.0957. The van der Waals surface area contributed by atoms with Gasteiger partial charge in [-0.1, -0.05) is 54.6 Å². The van der Waals surface area contributed by atoms with Gasteiger partial charge in [0.1, 0.15) is 17.0 Å². The number of hydrogen-bond donors (Lipinski definition) is 0. The molecule has 1 aliphatic rings. The zero-order valence-corrected chi connectivity index (χ0v) is 21.4. The van der Waals surface area contributed by atoms with Crippen LogP contribution in [0.15, 0.2) is 71.0 Å². The Morgan fingerprint density at radius 1 is 1.08 bits per heavy atom. The summed E-state index contributed by atoms with van der Waals surface area (Å²) >= 11 is 1.12. The zero-order chi connectivity index (χ0) is 25.5. The van der Waals surface area contributed by atoms with E-state index < -0.39 is 15.9 Å². The van der Waals surface area contributed by atoms with Crippen LogP contribution in [-0.4, -0.2) is 65.1 Å². The number of aromatic nitrogens is 3. The fraction of sp³-hybridized carbons (Fsp3) is 0.280. The Labute approximate surface area is 214 Å². The molecule has 1 fully saturated rings. The van der Waals surface area contributed by atoms with E-state index >= 15 is 0 Å². The first-order valence-corrected chi connectivity index (χ1v) is 13.8. The molecule has 11 heteroatoms. The molecule has 0 N–H and O–H groups in total. The van der Waals surface area contributed by atoms with Crippen LogP contribution in [0.25, 0.3) is 6.08 Å². The molecule has 4 rings (SSSR count). The van der Waals surface area contributed by atoms with Crippen LogP contribution in [0, 0.1) is 0 Å². The maximum absolute atomic E-state index is 13.1. The number of carbonyl (C=O) groups excluding carboxylic acids is 2. The molecule has 0 spiro atoms. The van der Waals surface area contributed by atoms with Crippen LogP contribution in [0.1, 0.15) is 40.0 Å². The van der Waals surface area contributed by atoms with E-state index in [1.54, 1.807) is 42.5 Å². The van der Waals surface area contributed by atoms with Gasteiger partial charge in [0.05, 0.1) is 12.9 Å². The molecule has 0 amide bonds. The number of sulfonamides is 1. The van der Waals surface area contributed by atoms with Crippen LogP contribution in [0.4, 0.5) is 0 Å². The van der Waals surface area contributed by atoms with Gasteiger partial charge in [-0.2, -0.15) is 4.31 Å². The molecule has 1 saturated heterocycles. The average Bonchev–Trinajstić information content (AvgIpc) is 3.40. The van der Waals surface area contributed by atoms with Crippen molar-refractivity contribution in [3.63, 3.8) is 0 Å². The Hall–Kier alpha value is -3.28. The van der Waals surface area contributed by atoms with E-state index in [1.165, 1.54) is 34.5 Å². The molecule has 1 aliphatic heterocycles. The average molecular weight is 527 g/mol. The van der Waals surface area contributed by atoms with Gasteiger partial charge >= 0.3 is 0 Å². The Morgan fingerprint density at radius 3 is 2.56 bits per heavy atom. The molecule has 0 atom stereocenters. The topological polar surface area (TPSA) is 111 Å². The molecule has 0 radical (unpaired) electrons. The number of carbonyl (C=O) groups is 2. The van der Waals surface area contributed by atoms with Gasteiger partial charge in [-0.3, -0.25) is 9.59 Å². The van der Waals surface area contributed by atoms with E-state index in [1.807, 2.05) is 6.07 Å². The zero-order valence-electron chi connectivity index (χ0n) is 19.7. The van der Waals surface area contributed by atoms with Crippen LogP contribution >= 0.6 is 11.8 Å². The second kappa shape index (κ2) is 11.6. The summed E-state index contributed by atoms with van der Waals surface area (Å²) in [6.45, 7) is 0.996. The number of thioether (sulfide) groups is 1. The molecule has 0 unspecified atom stereocenters. The quantitative estimate of drug-likeness (QED) is 0.235. The molecule has 2 heterocycles. The first kappa shape index (κ1) is 25.8. The smallest absolute Gasteiger partial charge is 0.258 e. The molecule has 1 aromatic heterocycles. The van der Waals surface area contributed by atoms with Crippen molar-refractivity contribution in [1.82, 2.24) is 19.1 Å². The molecule has 0 bridgehead atoms. The highest BCUT2D eigenvalue weighted by Gasteiger charge is 2.28. The summed E-state index contributed by atoms with van der Waals surface area (Å²) in [7, 11) is -2.24. The van der Waals surface area contributed by atoms with Gasteiger partial charge in [-0.25, -0.2) is 13.0 Å². The van der Waals surface area contributed by atoms with Gasteiger partial charge in [0.25, 0.3) is 5.91 Å². The number of Topliss-reactive ketones (excluding diaryl/α,β-unsaturated/α-hetero) is 1. The van der Waals surface area contributed by atoms with Crippen molar-refractivity contribution in [2.75, 3.05) is 26.0 Å². The van der Waals surface area contributed by atoms with E-state index in [9.17, 15) is 18.0 Å². The fourth-order valence-corrected chi connectivity index (χ4v) is 6.27.